The average Bonchev–Trinajstić information content (AvgIpc) is 2.64. The number of amides is 2. The van der Waals surface area contributed by atoms with Crippen molar-refractivity contribution in [2.75, 3.05) is 18.4 Å². The molecule has 0 heterocycles. The highest BCUT2D eigenvalue weighted by atomic mass is 19.3. The number of benzene rings is 2. The molecule has 2 amide bonds. The van der Waals surface area contributed by atoms with Crippen LogP contribution in [-0.4, -0.2) is 25.7 Å². The molecule has 0 saturated carbocycles. The number of nitrogens with zero attached hydrogens (tertiary/aromatic N) is 1. The van der Waals surface area contributed by atoms with E-state index in [0.717, 1.165) is 0 Å². The Balaban J connectivity index is 1.76. The Labute approximate surface area is 153 Å². The van der Waals surface area contributed by atoms with Crippen molar-refractivity contribution < 1.29 is 22.7 Å². The maximum atomic E-state index is 13.5. The molecule has 2 aromatic rings. The first-order valence-corrected chi connectivity index (χ1v) is 7.98. The van der Waals surface area contributed by atoms with Crippen molar-refractivity contribution in [3.63, 3.8) is 0 Å². The monoisotopic (exact) mass is 378 g/mol. The predicted octanol–water partition coefficient (Wildman–Crippen LogP) is 3.21. The second-order valence-electron chi connectivity index (χ2n) is 5.30. The van der Waals surface area contributed by atoms with Crippen LogP contribution in [0.25, 0.3) is 0 Å². The van der Waals surface area contributed by atoms with Crippen molar-refractivity contribution in [2.45, 2.75) is 13.2 Å². The number of hydrogen-bond acceptors (Lipinski definition) is 4. The van der Waals surface area contributed by atoms with Crippen LogP contribution >= 0.6 is 0 Å². The molecule has 0 unspecified atom stereocenters. The van der Waals surface area contributed by atoms with E-state index in [2.05, 4.69) is 20.7 Å². The van der Waals surface area contributed by atoms with Crippen LogP contribution < -0.4 is 20.7 Å². The highest BCUT2D eigenvalue weighted by Crippen LogP contribution is 2.20. The molecule has 0 fully saturated rings. The second kappa shape index (κ2) is 9.91. The van der Waals surface area contributed by atoms with Crippen LogP contribution in [0.5, 0.6) is 5.75 Å². The molecule has 0 aliphatic rings. The first kappa shape index (κ1) is 19.9. The Bertz CT molecular complexity index is 824. The number of ether oxygens (including phenoxy) is 1. The molecule has 6 nitrogen and oxygen atoms in total. The Hall–Kier alpha value is -3.41. The van der Waals surface area contributed by atoms with Gasteiger partial charge in [-0.05, 0) is 18.2 Å². The third kappa shape index (κ3) is 6.11. The van der Waals surface area contributed by atoms with Crippen molar-refractivity contribution >= 4 is 11.7 Å². The first-order chi connectivity index (χ1) is 13.0. The van der Waals surface area contributed by atoms with Crippen LogP contribution in [-0.2, 0) is 6.54 Å². The summed E-state index contributed by atoms with van der Waals surface area (Å²) in [6.07, 6.45) is 0. The van der Waals surface area contributed by atoms with Gasteiger partial charge in [0.15, 0.2) is 0 Å². The summed E-state index contributed by atoms with van der Waals surface area (Å²) in [5.41, 5.74) is 0.639. The average molecular weight is 378 g/mol. The number of nitrogens with one attached hydrogen (secondary N) is 3. The van der Waals surface area contributed by atoms with Gasteiger partial charge in [-0.3, -0.25) is 0 Å². The van der Waals surface area contributed by atoms with Crippen molar-refractivity contribution in [1.82, 2.24) is 10.6 Å². The summed E-state index contributed by atoms with van der Waals surface area (Å²) in [5.74, 6) is -0.637. The molecule has 0 aliphatic carbocycles. The van der Waals surface area contributed by atoms with E-state index < -0.39 is 18.5 Å². The smallest absolute Gasteiger partial charge is 0.387 e. The first-order valence-electron chi connectivity index (χ1n) is 7.98. The van der Waals surface area contributed by atoms with E-state index in [1.54, 1.807) is 30.3 Å². The lowest BCUT2D eigenvalue weighted by molar-refractivity contribution is -0.0504. The maximum Gasteiger partial charge on any atom is 0.387 e. The predicted molar refractivity (Wildman–Crippen MR) is 92.9 cm³/mol. The molecule has 2 aromatic carbocycles. The molecule has 27 heavy (non-hydrogen) atoms. The van der Waals surface area contributed by atoms with E-state index in [1.165, 1.54) is 18.2 Å². The van der Waals surface area contributed by atoms with Crippen LogP contribution in [0.1, 0.15) is 11.1 Å². The van der Waals surface area contributed by atoms with Gasteiger partial charge in [0.25, 0.3) is 0 Å². The highest BCUT2D eigenvalue weighted by Gasteiger charge is 2.10. The van der Waals surface area contributed by atoms with Crippen LogP contribution in [0.2, 0.25) is 0 Å². The third-order valence-corrected chi connectivity index (χ3v) is 3.48. The lowest BCUT2D eigenvalue weighted by atomic mass is 10.2. The maximum absolute atomic E-state index is 13.5. The zero-order valence-electron chi connectivity index (χ0n) is 14.1. The number of anilines is 1. The zero-order chi connectivity index (χ0) is 19.6. The molecule has 9 heteroatoms. The lowest BCUT2D eigenvalue weighted by Crippen LogP contribution is -2.37. The highest BCUT2D eigenvalue weighted by molar-refractivity contribution is 5.74. The van der Waals surface area contributed by atoms with E-state index >= 15 is 0 Å². The molecule has 0 atom stereocenters. The number of para-hydroxylation sites is 1. The fraction of sp³-hybridized carbons (Fsp3) is 0.222. The van der Waals surface area contributed by atoms with Crippen molar-refractivity contribution in [3.8, 4) is 11.8 Å². The number of halogens is 3. The summed E-state index contributed by atoms with van der Waals surface area (Å²) in [4.78, 5) is 11.8. The molecule has 0 aromatic heterocycles. The van der Waals surface area contributed by atoms with Gasteiger partial charge in [-0.1, -0.05) is 24.3 Å². The van der Waals surface area contributed by atoms with E-state index in [-0.39, 0.29) is 30.9 Å². The SMILES string of the molecule is N#Cc1c(F)cccc1NCCNC(=O)NCc1ccccc1OC(F)F. The molecular weight excluding hydrogens is 361 g/mol. The van der Waals surface area contributed by atoms with E-state index in [1.807, 2.05) is 0 Å². The Morgan fingerprint density at radius 3 is 2.63 bits per heavy atom. The third-order valence-electron chi connectivity index (χ3n) is 3.48. The summed E-state index contributed by atoms with van der Waals surface area (Å²) in [6, 6.07) is 11.6. The van der Waals surface area contributed by atoms with Gasteiger partial charge < -0.3 is 20.7 Å². The fourth-order valence-electron chi connectivity index (χ4n) is 2.26. The van der Waals surface area contributed by atoms with E-state index in [0.29, 0.717) is 11.3 Å². The molecule has 3 N–H and O–H groups in total. The van der Waals surface area contributed by atoms with Gasteiger partial charge in [-0.15, -0.1) is 0 Å². The summed E-state index contributed by atoms with van der Waals surface area (Å²) in [5, 5.41) is 16.9. The van der Waals surface area contributed by atoms with Gasteiger partial charge in [-0.25, -0.2) is 9.18 Å². The lowest BCUT2D eigenvalue weighted by Gasteiger charge is -2.12. The van der Waals surface area contributed by atoms with Crippen molar-refractivity contribution in [1.29, 1.82) is 5.26 Å². The number of alkyl halides is 2. The van der Waals surface area contributed by atoms with Gasteiger partial charge in [0.1, 0.15) is 23.2 Å². The van der Waals surface area contributed by atoms with Crippen molar-refractivity contribution in [3.05, 3.63) is 59.4 Å². The molecule has 0 aliphatic heterocycles. The second-order valence-corrected chi connectivity index (χ2v) is 5.30. The van der Waals surface area contributed by atoms with Gasteiger partial charge in [-0.2, -0.15) is 14.0 Å². The number of urea groups is 1. The van der Waals surface area contributed by atoms with Gasteiger partial charge in [0.2, 0.25) is 0 Å². The number of rotatable bonds is 8. The minimum atomic E-state index is -2.95. The topological polar surface area (TPSA) is 86.2 Å². The summed E-state index contributed by atoms with van der Waals surface area (Å²) >= 11 is 0. The molecule has 2 rings (SSSR count). The molecular formula is C18H17F3N4O2. The minimum absolute atomic E-state index is 0.00460. The quantitative estimate of drug-likeness (QED) is 0.616. The van der Waals surface area contributed by atoms with E-state index in [4.69, 9.17) is 5.26 Å². The van der Waals surface area contributed by atoms with E-state index in [9.17, 15) is 18.0 Å². The van der Waals surface area contributed by atoms with Gasteiger partial charge >= 0.3 is 12.6 Å². The molecule has 0 radical (unpaired) electrons. The standard InChI is InChI=1S/C18H17F3N4O2/c19-14-5-3-6-15(13(14)10-22)23-8-9-24-18(26)25-11-12-4-1-2-7-16(12)27-17(20)21/h1-7,17,23H,8-9,11H2,(H2,24,25,26). The fourth-order valence-corrected chi connectivity index (χ4v) is 2.26. The number of carbonyl (C=O) groups excluding carboxylic acids is 1. The Morgan fingerprint density at radius 2 is 1.89 bits per heavy atom. The van der Waals surface area contributed by atoms with Crippen LogP contribution in [0, 0.1) is 17.1 Å². The Morgan fingerprint density at radius 1 is 1.11 bits per heavy atom. The van der Waals surface area contributed by atoms with Gasteiger partial charge in [0, 0.05) is 25.2 Å². The van der Waals surface area contributed by atoms with Gasteiger partial charge in [0.05, 0.1) is 5.69 Å². The van der Waals surface area contributed by atoms with Crippen LogP contribution in [0.4, 0.5) is 23.7 Å². The normalized spacial score (nSPS) is 10.2. The minimum Gasteiger partial charge on any atom is -0.434 e. The van der Waals surface area contributed by atoms with Crippen LogP contribution in [0.15, 0.2) is 42.5 Å². The number of carbonyl (C=O) groups is 1. The summed E-state index contributed by atoms with van der Waals surface area (Å²) in [6.45, 7) is -2.49. The number of nitriles is 1. The molecule has 0 bridgehead atoms. The molecule has 0 saturated heterocycles. The Kier molecular flexibility index (Phi) is 7.31. The largest absolute Gasteiger partial charge is 0.434 e. The van der Waals surface area contributed by atoms with Crippen molar-refractivity contribution in [2.24, 2.45) is 0 Å². The number of hydrogen-bond donors (Lipinski definition) is 3. The molecule has 0 spiro atoms. The zero-order valence-corrected chi connectivity index (χ0v) is 14.1. The summed E-state index contributed by atoms with van der Waals surface area (Å²) < 4.78 is 42.5. The summed E-state index contributed by atoms with van der Waals surface area (Å²) in [7, 11) is 0. The molecule has 142 valence electrons. The van der Waals surface area contributed by atoms with Crippen LogP contribution in [0.3, 0.4) is 0 Å².